The van der Waals surface area contributed by atoms with Crippen LogP contribution in [0.3, 0.4) is 0 Å². The Morgan fingerprint density at radius 2 is 2.20 bits per heavy atom. The average Bonchev–Trinajstić information content (AvgIpc) is 2.80. The van der Waals surface area contributed by atoms with Gasteiger partial charge in [0.2, 0.25) is 10.0 Å². The van der Waals surface area contributed by atoms with Gasteiger partial charge in [-0.15, -0.1) is 0 Å². The molecule has 0 saturated carbocycles. The highest BCUT2D eigenvalue weighted by molar-refractivity contribution is 7.89. The standard InChI is InChI=1S/C13H19FN2O3S/c1-9-5-10(7-15)8-16(9)20(17,18)11-3-4-13(19-2)12(14)6-11/h3-4,6,9-10H,5,7-8,15H2,1-2H3. The van der Waals surface area contributed by atoms with Gasteiger partial charge in [0.1, 0.15) is 0 Å². The van der Waals surface area contributed by atoms with Crippen molar-refractivity contribution >= 4 is 10.0 Å². The minimum absolute atomic E-state index is 0.0262. The summed E-state index contributed by atoms with van der Waals surface area (Å²) in [6, 6.07) is 3.55. The number of hydrogen-bond donors (Lipinski definition) is 1. The first-order chi connectivity index (χ1) is 9.40. The van der Waals surface area contributed by atoms with Crippen LogP contribution < -0.4 is 10.5 Å². The molecule has 7 heteroatoms. The first-order valence-corrected chi connectivity index (χ1v) is 7.89. The summed E-state index contributed by atoms with van der Waals surface area (Å²) < 4.78 is 44.9. The maximum absolute atomic E-state index is 13.7. The van der Waals surface area contributed by atoms with Crippen molar-refractivity contribution in [1.82, 2.24) is 4.31 Å². The summed E-state index contributed by atoms with van der Waals surface area (Å²) in [5, 5.41) is 0. The lowest BCUT2D eigenvalue weighted by Gasteiger charge is -2.21. The van der Waals surface area contributed by atoms with Gasteiger partial charge in [-0.1, -0.05) is 0 Å². The molecule has 0 amide bonds. The van der Waals surface area contributed by atoms with Gasteiger partial charge >= 0.3 is 0 Å². The molecule has 0 radical (unpaired) electrons. The molecular formula is C13H19FN2O3S. The van der Waals surface area contributed by atoms with Gasteiger partial charge in [-0.05, 0) is 44.0 Å². The SMILES string of the molecule is COc1ccc(S(=O)(=O)N2CC(CN)CC2C)cc1F. The molecule has 112 valence electrons. The van der Waals surface area contributed by atoms with Crippen LogP contribution in [0.4, 0.5) is 4.39 Å². The first-order valence-electron chi connectivity index (χ1n) is 6.45. The molecule has 2 unspecified atom stereocenters. The van der Waals surface area contributed by atoms with Crippen LogP contribution in [0.15, 0.2) is 23.1 Å². The lowest BCUT2D eigenvalue weighted by atomic mass is 10.1. The molecule has 0 bridgehead atoms. The van der Waals surface area contributed by atoms with E-state index in [1.165, 1.54) is 23.5 Å². The Morgan fingerprint density at radius 3 is 2.70 bits per heavy atom. The van der Waals surface area contributed by atoms with E-state index < -0.39 is 15.8 Å². The summed E-state index contributed by atoms with van der Waals surface area (Å²) in [6.45, 7) is 2.67. The van der Waals surface area contributed by atoms with Crippen LogP contribution in [0.25, 0.3) is 0 Å². The van der Waals surface area contributed by atoms with Crippen molar-refractivity contribution in [2.24, 2.45) is 11.7 Å². The topological polar surface area (TPSA) is 72.6 Å². The van der Waals surface area contributed by atoms with Crippen molar-refractivity contribution in [3.63, 3.8) is 0 Å². The highest BCUT2D eigenvalue weighted by Crippen LogP contribution is 2.30. The molecule has 1 saturated heterocycles. The van der Waals surface area contributed by atoms with Crippen molar-refractivity contribution in [3.05, 3.63) is 24.0 Å². The van der Waals surface area contributed by atoms with Crippen LogP contribution in [-0.4, -0.2) is 39.0 Å². The molecule has 0 aliphatic carbocycles. The predicted octanol–water partition coefficient (Wildman–Crippen LogP) is 1.19. The fourth-order valence-electron chi connectivity index (χ4n) is 2.56. The van der Waals surface area contributed by atoms with Crippen molar-refractivity contribution in [2.75, 3.05) is 20.2 Å². The number of halogens is 1. The van der Waals surface area contributed by atoms with Crippen LogP contribution >= 0.6 is 0 Å². The number of nitrogens with zero attached hydrogens (tertiary/aromatic N) is 1. The Labute approximate surface area is 118 Å². The summed E-state index contributed by atoms with van der Waals surface area (Å²) >= 11 is 0. The number of sulfonamides is 1. The van der Waals surface area contributed by atoms with Crippen molar-refractivity contribution in [3.8, 4) is 5.75 Å². The van der Waals surface area contributed by atoms with E-state index in [-0.39, 0.29) is 22.6 Å². The Morgan fingerprint density at radius 1 is 1.50 bits per heavy atom. The van der Waals surface area contributed by atoms with E-state index in [1.807, 2.05) is 6.92 Å². The van der Waals surface area contributed by atoms with Gasteiger partial charge in [-0.3, -0.25) is 0 Å². The van der Waals surface area contributed by atoms with E-state index in [0.29, 0.717) is 13.1 Å². The summed E-state index contributed by atoms with van der Waals surface area (Å²) in [4.78, 5) is -0.0553. The molecular weight excluding hydrogens is 283 g/mol. The minimum Gasteiger partial charge on any atom is -0.494 e. The number of methoxy groups -OCH3 is 1. The molecule has 0 aromatic heterocycles. The number of ether oxygens (including phenoxy) is 1. The quantitative estimate of drug-likeness (QED) is 0.907. The molecule has 1 aliphatic heterocycles. The van der Waals surface area contributed by atoms with E-state index in [9.17, 15) is 12.8 Å². The molecule has 1 aromatic carbocycles. The zero-order valence-electron chi connectivity index (χ0n) is 11.5. The molecule has 2 atom stereocenters. The molecule has 2 rings (SSSR count). The molecule has 20 heavy (non-hydrogen) atoms. The minimum atomic E-state index is -3.70. The number of rotatable bonds is 4. The summed E-state index contributed by atoms with van der Waals surface area (Å²) in [7, 11) is -2.36. The third-order valence-electron chi connectivity index (χ3n) is 3.67. The van der Waals surface area contributed by atoms with Gasteiger partial charge in [0, 0.05) is 12.6 Å². The van der Waals surface area contributed by atoms with Gasteiger partial charge in [-0.25, -0.2) is 12.8 Å². The number of benzene rings is 1. The monoisotopic (exact) mass is 302 g/mol. The third kappa shape index (κ3) is 2.65. The Hall–Kier alpha value is -1.18. The normalized spacial score (nSPS) is 24.0. The summed E-state index contributed by atoms with van der Waals surface area (Å²) in [5.74, 6) is -0.503. The number of hydrogen-bond acceptors (Lipinski definition) is 4. The Balaban J connectivity index is 2.33. The van der Waals surface area contributed by atoms with Crippen LogP contribution in [0, 0.1) is 11.7 Å². The smallest absolute Gasteiger partial charge is 0.243 e. The summed E-state index contributed by atoms with van der Waals surface area (Å²) in [6.07, 6.45) is 0.731. The molecule has 1 heterocycles. The Bertz CT molecular complexity index is 591. The second-order valence-electron chi connectivity index (χ2n) is 5.06. The second kappa shape index (κ2) is 5.67. The van der Waals surface area contributed by atoms with Gasteiger partial charge in [0.25, 0.3) is 0 Å². The summed E-state index contributed by atoms with van der Waals surface area (Å²) in [5.41, 5.74) is 5.60. The van der Waals surface area contributed by atoms with E-state index in [2.05, 4.69) is 0 Å². The fraction of sp³-hybridized carbons (Fsp3) is 0.538. The highest BCUT2D eigenvalue weighted by Gasteiger charge is 2.37. The van der Waals surface area contributed by atoms with E-state index >= 15 is 0 Å². The molecule has 1 aromatic rings. The van der Waals surface area contributed by atoms with Crippen molar-refractivity contribution in [2.45, 2.75) is 24.3 Å². The largest absolute Gasteiger partial charge is 0.494 e. The van der Waals surface area contributed by atoms with Crippen LogP contribution in [0.1, 0.15) is 13.3 Å². The van der Waals surface area contributed by atoms with E-state index in [0.717, 1.165) is 12.5 Å². The lowest BCUT2D eigenvalue weighted by Crippen LogP contribution is -2.34. The van der Waals surface area contributed by atoms with Crippen LogP contribution in [0.2, 0.25) is 0 Å². The first kappa shape index (κ1) is 15.2. The molecule has 5 nitrogen and oxygen atoms in total. The zero-order valence-corrected chi connectivity index (χ0v) is 12.4. The third-order valence-corrected chi connectivity index (χ3v) is 5.64. The van der Waals surface area contributed by atoms with Gasteiger partial charge in [-0.2, -0.15) is 4.31 Å². The molecule has 0 spiro atoms. The zero-order chi connectivity index (χ0) is 14.9. The van der Waals surface area contributed by atoms with E-state index in [1.54, 1.807) is 0 Å². The average molecular weight is 302 g/mol. The van der Waals surface area contributed by atoms with Crippen LogP contribution in [-0.2, 0) is 10.0 Å². The van der Waals surface area contributed by atoms with Gasteiger partial charge in [0.15, 0.2) is 11.6 Å². The highest BCUT2D eigenvalue weighted by atomic mass is 32.2. The van der Waals surface area contributed by atoms with E-state index in [4.69, 9.17) is 10.5 Å². The maximum Gasteiger partial charge on any atom is 0.243 e. The lowest BCUT2D eigenvalue weighted by molar-refractivity contribution is 0.384. The number of nitrogens with two attached hydrogens (primary N) is 1. The molecule has 2 N–H and O–H groups in total. The van der Waals surface area contributed by atoms with Gasteiger partial charge < -0.3 is 10.5 Å². The van der Waals surface area contributed by atoms with Gasteiger partial charge in [0.05, 0.1) is 12.0 Å². The Kier molecular flexibility index (Phi) is 4.31. The predicted molar refractivity (Wildman–Crippen MR) is 73.5 cm³/mol. The van der Waals surface area contributed by atoms with Crippen molar-refractivity contribution < 1.29 is 17.5 Å². The second-order valence-corrected chi connectivity index (χ2v) is 6.95. The molecule has 1 fully saturated rings. The maximum atomic E-state index is 13.7. The van der Waals surface area contributed by atoms with Crippen molar-refractivity contribution in [1.29, 1.82) is 0 Å². The van der Waals surface area contributed by atoms with Crippen LogP contribution in [0.5, 0.6) is 5.75 Å². The fourth-order valence-corrected chi connectivity index (χ4v) is 4.29. The molecule has 1 aliphatic rings.